The maximum absolute atomic E-state index is 12.7. The summed E-state index contributed by atoms with van der Waals surface area (Å²) in [5, 5.41) is 5.59. The lowest BCUT2D eigenvalue weighted by molar-refractivity contribution is -0.137. The number of nitrogens with one attached hydrogen (secondary N) is 2. The van der Waals surface area contributed by atoms with Gasteiger partial charge in [-0.05, 0) is 36.8 Å². The average molecular weight is 337 g/mol. The minimum Gasteiger partial charge on any atom is -0.354 e. The summed E-state index contributed by atoms with van der Waals surface area (Å²) in [7, 11) is 0. The van der Waals surface area contributed by atoms with Crippen LogP contribution >= 0.6 is 0 Å². The molecule has 0 saturated heterocycles. The van der Waals surface area contributed by atoms with Gasteiger partial charge in [0.05, 0.1) is 17.4 Å². The molecule has 0 unspecified atom stereocenters. The predicted molar refractivity (Wildman–Crippen MR) is 86.2 cm³/mol. The summed E-state index contributed by atoms with van der Waals surface area (Å²) in [6.45, 7) is 2.61. The second-order valence-corrected chi connectivity index (χ2v) is 5.25. The fourth-order valence-corrected chi connectivity index (χ4v) is 2.01. The quantitative estimate of drug-likeness (QED) is 0.770. The molecular formula is C17H18F3N3O. The molecule has 1 amide bonds. The summed E-state index contributed by atoms with van der Waals surface area (Å²) >= 11 is 0. The number of anilines is 2. The van der Waals surface area contributed by atoms with Crippen molar-refractivity contribution in [3.8, 4) is 0 Å². The molecule has 0 aliphatic heterocycles. The van der Waals surface area contributed by atoms with E-state index in [2.05, 4.69) is 15.6 Å². The highest BCUT2D eigenvalue weighted by atomic mass is 19.4. The number of hydrogen-bond donors (Lipinski definition) is 2. The number of benzene rings is 1. The van der Waals surface area contributed by atoms with Crippen molar-refractivity contribution < 1.29 is 18.0 Å². The number of halogens is 3. The molecule has 7 heteroatoms. The van der Waals surface area contributed by atoms with Gasteiger partial charge in [0.15, 0.2) is 0 Å². The van der Waals surface area contributed by atoms with Gasteiger partial charge in [-0.1, -0.05) is 19.4 Å². The summed E-state index contributed by atoms with van der Waals surface area (Å²) in [4.78, 5) is 15.9. The summed E-state index contributed by atoms with van der Waals surface area (Å²) in [5.41, 5.74) is 0.333. The molecular weight excluding hydrogens is 319 g/mol. The van der Waals surface area contributed by atoms with Gasteiger partial charge in [-0.25, -0.2) is 4.98 Å². The van der Waals surface area contributed by atoms with E-state index in [9.17, 15) is 18.0 Å². The molecule has 0 atom stereocenters. The number of aromatic nitrogens is 1. The SMILES string of the molecule is CCCCNC(=O)c1ccc(Nc2cccc(C(F)(F)F)c2)cn1. The Morgan fingerprint density at radius 2 is 1.96 bits per heavy atom. The maximum atomic E-state index is 12.7. The molecule has 4 nitrogen and oxygen atoms in total. The minimum atomic E-state index is -4.39. The van der Waals surface area contributed by atoms with Gasteiger partial charge in [0, 0.05) is 12.2 Å². The smallest absolute Gasteiger partial charge is 0.354 e. The van der Waals surface area contributed by atoms with Crippen LogP contribution in [0.3, 0.4) is 0 Å². The van der Waals surface area contributed by atoms with Gasteiger partial charge in [0.25, 0.3) is 5.91 Å². The zero-order valence-electron chi connectivity index (χ0n) is 13.2. The molecule has 0 radical (unpaired) electrons. The summed E-state index contributed by atoms with van der Waals surface area (Å²) in [5.74, 6) is -0.269. The number of rotatable bonds is 6. The van der Waals surface area contributed by atoms with Crippen molar-refractivity contribution in [3.05, 3.63) is 53.9 Å². The molecule has 0 fully saturated rings. The van der Waals surface area contributed by atoms with Crippen LogP contribution in [0.2, 0.25) is 0 Å². The molecule has 2 aromatic rings. The number of amides is 1. The number of carbonyl (C=O) groups is 1. The fraction of sp³-hybridized carbons (Fsp3) is 0.294. The van der Waals surface area contributed by atoms with E-state index in [-0.39, 0.29) is 11.6 Å². The summed E-state index contributed by atoms with van der Waals surface area (Å²) < 4.78 is 38.1. The standard InChI is InChI=1S/C17H18F3N3O/c1-2-3-9-21-16(24)15-8-7-14(11-22-15)23-13-6-4-5-12(10-13)17(18,19)20/h4-8,10-11,23H,2-3,9H2,1H3,(H,21,24). The van der Waals surface area contributed by atoms with Crippen molar-refractivity contribution in [1.29, 1.82) is 0 Å². The molecule has 1 aromatic carbocycles. The van der Waals surface area contributed by atoms with Gasteiger partial charge in [-0.3, -0.25) is 4.79 Å². The lowest BCUT2D eigenvalue weighted by Crippen LogP contribution is -2.25. The van der Waals surface area contributed by atoms with E-state index in [1.54, 1.807) is 6.07 Å². The Labute approximate surface area is 138 Å². The number of carbonyl (C=O) groups excluding carboxylic acids is 1. The Morgan fingerprint density at radius 3 is 2.58 bits per heavy atom. The van der Waals surface area contributed by atoms with Crippen LogP contribution < -0.4 is 10.6 Å². The molecule has 0 bridgehead atoms. The van der Waals surface area contributed by atoms with Crippen molar-refractivity contribution in [2.45, 2.75) is 25.9 Å². The second kappa shape index (κ2) is 7.81. The Balaban J connectivity index is 2.03. The van der Waals surface area contributed by atoms with Crippen molar-refractivity contribution in [2.75, 3.05) is 11.9 Å². The molecule has 0 spiro atoms. The van der Waals surface area contributed by atoms with E-state index in [4.69, 9.17) is 0 Å². The number of unbranched alkanes of at least 4 members (excludes halogenated alkanes) is 1. The predicted octanol–water partition coefficient (Wildman–Crippen LogP) is 4.37. The first-order valence-corrected chi connectivity index (χ1v) is 7.58. The van der Waals surface area contributed by atoms with E-state index >= 15 is 0 Å². The second-order valence-electron chi connectivity index (χ2n) is 5.25. The lowest BCUT2D eigenvalue weighted by atomic mass is 10.2. The van der Waals surface area contributed by atoms with Gasteiger partial charge in [-0.15, -0.1) is 0 Å². The molecule has 128 valence electrons. The van der Waals surface area contributed by atoms with Crippen LogP contribution in [0.15, 0.2) is 42.6 Å². The first-order chi connectivity index (χ1) is 11.4. The average Bonchev–Trinajstić information content (AvgIpc) is 2.55. The van der Waals surface area contributed by atoms with Gasteiger partial charge in [0.2, 0.25) is 0 Å². The molecule has 0 aliphatic carbocycles. The van der Waals surface area contributed by atoms with Gasteiger partial charge in [-0.2, -0.15) is 13.2 Å². The third kappa shape index (κ3) is 4.97. The Hall–Kier alpha value is -2.57. The lowest BCUT2D eigenvalue weighted by Gasteiger charge is -2.11. The molecule has 2 N–H and O–H groups in total. The van der Waals surface area contributed by atoms with Crippen molar-refractivity contribution in [3.63, 3.8) is 0 Å². The summed E-state index contributed by atoms with van der Waals surface area (Å²) in [6, 6.07) is 8.01. The van der Waals surface area contributed by atoms with E-state index in [0.29, 0.717) is 17.9 Å². The Kier molecular flexibility index (Phi) is 5.78. The maximum Gasteiger partial charge on any atom is 0.416 e. The largest absolute Gasteiger partial charge is 0.416 e. The van der Waals surface area contributed by atoms with Crippen LogP contribution in [0, 0.1) is 0 Å². The van der Waals surface area contributed by atoms with E-state index in [1.165, 1.54) is 24.4 Å². The first kappa shape index (κ1) is 17.8. The molecule has 1 heterocycles. The zero-order valence-corrected chi connectivity index (χ0v) is 13.2. The van der Waals surface area contributed by atoms with E-state index in [0.717, 1.165) is 25.0 Å². The molecule has 1 aromatic heterocycles. The van der Waals surface area contributed by atoms with E-state index < -0.39 is 11.7 Å². The zero-order chi connectivity index (χ0) is 17.6. The summed E-state index contributed by atoms with van der Waals surface area (Å²) in [6.07, 6.45) is -1.11. The third-order valence-corrected chi connectivity index (χ3v) is 3.29. The van der Waals surface area contributed by atoms with Gasteiger partial charge < -0.3 is 10.6 Å². The highest BCUT2D eigenvalue weighted by Crippen LogP contribution is 2.31. The molecule has 2 rings (SSSR count). The molecule has 0 aliphatic rings. The number of nitrogens with zero attached hydrogens (tertiary/aromatic N) is 1. The van der Waals surface area contributed by atoms with Crippen LogP contribution in [0.1, 0.15) is 35.8 Å². The highest BCUT2D eigenvalue weighted by molar-refractivity contribution is 5.92. The van der Waals surface area contributed by atoms with Crippen LogP contribution in [0.25, 0.3) is 0 Å². The molecule has 24 heavy (non-hydrogen) atoms. The number of pyridine rings is 1. The minimum absolute atomic E-state index is 0.265. The highest BCUT2D eigenvalue weighted by Gasteiger charge is 2.30. The number of alkyl halides is 3. The Morgan fingerprint density at radius 1 is 1.17 bits per heavy atom. The van der Waals surface area contributed by atoms with Crippen LogP contribution in [0.4, 0.5) is 24.5 Å². The third-order valence-electron chi connectivity index (χ3n) is 3.29. The van der Waals surface area contributed by atoms with Crippen molar-refractivity contribution >= 4 is 17.3 Å². The Bertz CT molecular complexity index is 684. The number of hydrogen-bond acceptors (Lipinski definition) is 3. The van der Waals surface area contributed by atoms with E-state index in [1.807, 2.05) is 6.92 Å². The first-order valence-electron chi connectivity index (χ1n) is 7.58. The van der Waals surface area contributed by atoms with Crippen LogP contribution in [-0.4, -0.2) is 17.4 Å². The van der Waals surface area contributed by atoms with Crippen LogP contribution in [-0.2, 0) is 6.18 Å². The monoisotopic (exact) mass is 337 g/mol. The normalized spacial score (nSPS) is 11.2. The fourth-order valence-electron chi connectivity index (χ4n) is 2.01. The van der Waals surface area contributed by atoms with Crippen molar-refractivity contribution in [2.24, 2.45) is 0 Å². The van der Waals surface area contributed by atoms with Crippen molar-refractivity contribution in [1.82, 2.24) is 10.3 Å². The van der Waals surface area contributed by atoms with Gasteiger partial charge >= 0.3 is 6.18 Å². The van der Waals surface area contributed by atoms with Crippen LogP contribution in [0.5, 0.6) is 0 Å². The van der Waals surface area contributed by atoms with Gasteiger partial charge in [0.1, 0.15) is 5.69 Å². The topological polar surface area (TPSA) is 54.0 Å². The molecule has 0 saturated carbocycles.